The molecule has 2 aromatic heterocycles. The van der Waals surface area contributed by atoms with Gasteiger partial charge in [-0.05, 0) is 37.8 Å². The monoisotopic (exact) mass is 559 g/mol. The average molecular weight is 559 g/mol. The number of furan rings is 1. The molecule has 1 aliphatic carbocycles. The van der Waals surface area contributed by atoms with Crippen molar-refractivity contribution < 1.29 is 9.21 Å². The maximum absolute atomic E-state index is 12.7. The van der Waals surface area contributed by atoms with Crippen LogP contribution in [0.4, 0.5) is 0 Å². The largest absolute Gasteiger partial charge is 0.461 e. The van der Waals surface area contributed by atoms with Gasteiger partial charge in [0.15, 0.2) is 11.7 Å². The molecule has 1 saturated heterocycles. The molecule has 0 aromatic carbocycles. The molecule has 0 spiro atoms. The van der Waals surface area contributed by atoms with Crippen molar-refractivity contribution in [3.63, 3.8) is 0 Å². The fourth-order valence-corrected chi connectivity index (χ4v) is 4.88. The maximum Gasteiger partial charge on any atom is 0.225 e. The van der Waals surface area contributed by atoms with E-state index >= 15 is 0 Å². The van der Waals surface area contributed by atoms with E-state index in [4.69, 9.17) is 4.42 Å². The fraction of sp³-hybridized carbons (Fsp3) is 0.600. The van der Waals surface area contributed by atoms with Crippen LogP contribution in [0.5, 0.6) is 0 Å². The minimum absolute atomic E-state index is 0. The lowest BCUT2D eigenvalue weighted by atomic mass is 9.85. The van der Waals surface area contributed by atoms with Crippen LogP contribution in [-0.2, 0) is 11.3 Å². The molecule has 3 N–H and O–H groups in total. The highest BCUT2D eigenvalue weighted by Crippen LogP contribution is 2.27. The molecule has 170 valence electrons. The van der Waals surface area contributed by atoms with Crippen LogP contribution in [0, 0.1) is 5.92 Å². The summed E-state index contributed by atoms with van der Waals surface area (Å²) in [6.07, 6.45) is 5.43. The Hall–Kier alpha value is -1.76. The van der Waals surface area contributed by atoms with E-state index < -0.39 is 0 Å². The van der Waals surface area contributed by atoms with Crippen LogP contribution < -0.4 is 10.6 Å². The van der Waals surface area contributed by atoms with Crippen molar-refractivity contribution in [2.45, 2.75) is 38.3 Å². The first kappa shape index (κ1) is 23.9. The highest BCUT2D eigenvalue weighted by atomic mass is 127. The van der Waals surface area contributed by atoms with E-state index in [2.05, 4.69) is 35.7 Å². The van der Waals surface area contributed by atoms with Crippen molar-refractivity contribution in [1.82, 2.24) is 30.7 Å². The Morgan fingerprint density at radius 2 is 2.10 bits per heavy atom. The number of nitrogens with one attached hydrogen (secondary N) is 3. The molecule has 3 heterocycles. The Bertz CT molecular complexity index is 844. The number of rotatable bonds is 5. The van der Waals surface area contributed by atoms with E-state index in [0.717, 1.165) is 56.2 Å². The van der Waals surface area contributed by atoms with Gasteiger partial charge in [0.2, 0.25) is 11.7 Å². The van der Waals surface area contributed by atoms with Crippen LogP contribution in [0.15, 0.2) is 27.8 Å². The molecular weight excluding hydrogens is 529 g/mol. The van der Waals surface area contributed by atoms with Gasteiger partial charge in [-0.25, -0.2) is 4.98 Å². The summed E-state index contributed by atoms with van der Waals surface area (Å²) in [4.78, 5) is 23.5. The van der Waals surface area contributed by atoms with Crippen LogP contribution in [0.3, 0.4) is 0 Å². The molecule has 1 aliphatic heterocycles. The van der Waals surface area contributed by atoms with Crippen LogP contribution >= 0.6 is 35.7 Å². The highest BCUT2D eigenvalue weighted by molar-refractivity contribution is 14.0. The molecule has 1 saturated carbocycles. The molecular formula is C20H30IN7O2S. The highest BCUT2D eigenvalue weighted by Gasteiger charge is 2.30. The summed E-state index contributed by atoms with van der Waals surface area (Å²) in [7, 11) is 1.76. The number of carbonyl (C=O) groups is 1. The number of thioether (sulfide) groups is 1. The van der Waals surface area contributed by atoms with Crippen molar-refractivity contribution in [2.24, 2.45) is 10.9 Å². The molecule has 0 unspecified atom stereocenters. The Kier molecular flexibility index (Phi) is 9.05. The number of aliphatic imine (C=N–C) groups is 1. The number of aromatic amines is 1. The van der Waals surface area contributed by atoms with E-state index in [-0.39, 0.29) is 29.9 Å². The molecule has 11 heteroatoms. The lowest BCUT2D eigenvalue weighted by Crippen LogP contribution is -2.47. The Morgan fingerprint density at radius 1 is 1.32 bits per heavy atom. The zero-order valence-corrected chi connectivity index (χ0v) is 20.8. The predicted molar refractivity (Wildman–Crippen MR) is 132 cm³/mol. The van der Waals surface area contributed by atoms with E-state index in [0.29, 0.717) is 35.9 Å². The second kappa shape index (κ2) is 11.7. The molecule has 2 fully saturated rings. The van der Waals surface area contributed by atoms with Gasteiger partial charge in [-0.2, -0.15) is 11.8 Å². The van der Waals surface area contributed by atoms with Crippen molar-refractivity contribution in [3.8, 4) is 11.6 Å². The van der Waals surface area contributed by atoms with Crippen molar-refractivity contribution in [3.05, 3.63) is 24.2 Å². The first-order valence-corrected chi connectivity index (χ1v) is 11.7. The number of H-pyrrole nitrogens is 1. The molecule has 0 bridgehead atoms. The molecule has 2 aliphatic rings. The van der Waals surface area contributed by atoms with Gasteiger partial charge >= 0.3 is 0 Å². The zero-order valence-electron chi connectivity index (χ0n) is 17.7. The number of guanidine groups is 1. The minimum atomic E-state index is 0. The third-order valence-corrected chi connectivity index (χ3v) is 6.60. The second-order valence-corrected chi connectivity index (χ2v) is 8.86. The predicted octanol–water partition coefficient (Wildman–Crippen LogP) is 2.48. The Morgan fingerprint density at radius 3 is 2.77 bits per heavy atom. The van der Waals surface area contributed by atoms with Gasteiger partial charge in [-0.3, -0.25) is 14.9 Å². The van der Waals surface area contributed by atoms with Gasteiger partial charge in [0, 0.05) is 43.6 Å². The zero-order chi connectivity index (χ0) is 20.8. The lowest BCUT2D eigenvalue weighted by molar-refractivity contribution is -0.136. The van der Waals surface area contributed by atoms with E-state index in [1.165, 1.54) is 0 Å². The number of nitrogens with zero attached hydrogens (tertiary/aromatic N) is 4. The standard InChI is InChI=1S/C20H29N7O2S.HI/c1-21-20(22-13-17-24-18(26-25-17)16-3-2-10-29-16)23-15-6-4-14(5-7-15)19(28)27-8-11-30-12-9-27;/h2-3,10,14-15H,4-9,11-13H2,1H3,(H2,21,22,23)(H,24,25,26);1H. The number of hydrogen-bond donors (Lipinski definition) is 3. The molecule has 1 amide bonds. The van der Waals surface area contributed by atoms with E-state index in [1.54, 1.807) is 13.3 Å². The molecule has 2 aromatic rings. The van der Waals surface area contributed by atoms with E-state index in [1.807, 2.05) is 23.9 Å². The van der Waals surface area contributed by atoms with Crippen molar-refractivity contribution in [1.29, 1.82) is 0 Å². The summed E-state index contributed by atoms with van der Waals surface area (Å²) < 4.78 is 5.31. The quantitative estimate of drug-likeness (QED) is 0.293. The van der Waals surface area contributed by atoms with Gasteiger partial charge < -0.3 is 20.0 Å². The van der Waals surface area contributed by atoms with Crippen LogP contribution in [-0.4, -0.2) is 69.6 Å². The lowest BCUT2D eigenvalue weighted by Gasteiger charge is -2.34. The number of hydrogen-bond acceptors (Lipinski definition) is 6. The Balaban J connectivity index is 0.00000272. The van der Waals surface area contributed by atoms with Gasteiger partial charge in [-0.15, -0.1) is 29.1 Å². The maximum atomic E-state index is 12.7. The SMILES string of the molecule is CN=C(NCc1nc(-c2ccco2)n[nH]1)NC1CCC(C(=O)N2CCSCC2)CC1.I. The third-order valence-electron chi connectivity index (χ3n) is 5.66. The van der Waals surface area contributed by atoms with Gasteiger partial charge in [0.1, 0.15) is 5.82 Å². The van der Waals surface area contributed by atoms with Crippen LogP contribution in [0.1, 0.15) is 31.5 Å². The van der Waals surface area contributed by atoms with Gasteiger partial charge in [-0.1, -0.05) is 0 Å². The van der Waals surface area contributed by atoms with Gasteiger partial charge in [0.05, 0.1) is 12.8 Å². The first-order valence-electron chi connectivity index (χ1n) is 10.5. The van der Waals surface area contributed by atoms with Crippen molar-refractivity contribution in [2.75, 3.05) is 31.6 Å². The molecule has 0 radical (unpaired) electrons. The summed E-state index contributed by atoms with van der Waals surface area (Å²) in [5.41, 5.74) is 0. The number of carbonyl (C=O) groups excluding carboxylic acids is 1. The fourth-order valence-electron chi connectivity index (χ4n) is 3.97. The third kappa shape index (κ3) is 6.37. The van der Waals surface area contributed by atoms with Crippen molar-refractivity contribution >= 4 is 47.6 Å². The molecule has 4 rings (SSSR count). The van der Waals surface area contributed by atoms with E-state index in [9.17, 15) is 4.79 Å². The molecule has 9 nitrogen and oxygen atoms in total. The summed E-state index contributed by atoms with van der Waals surface area (Å²) in [6, 6.07) is 3.96. The number of amides is 1. The van der Waals surface area contributed by atoms with Crippen LogP contribution in [0.25, 0.3) is 11.6 Å². The molecule has 0 atom stereocenters. The average Bonchev–Trinajstić information content (AvgIpc) is 3.49. The Labute approximate surface area is 203 Å². The summed E-state index contributed by atoms with van der Waals surface area (Å²) in [5.74, 6) is 5.28. The van der Waals surface area contributed by atoms with Gasteiger partial charge in [0.25, 0.3) is 0 Å². The number of aromatic nitrogens is 3. The molecule has 31 heavy (non-hydrogen) atoms. The normalized spacial score (nSPS) is 22.0. The number of halogens is 1. The second-order valence-electron chi connectivity index (χ2n) is 7.64. The topological polar surface area (TPSA) is 111 Å². The minimum Gasteiger partial charge on any atom is -0.461 e. The summed E-state index contributed by atoms with van der Waals surface area (Å²) in [6.45, 7) is 2.29. The smallest absolute Gasteiger partial charge is 0.225 e. The van der Waals surface area contributed by atoms with Crippen LogP contribution in [0.2, 0.25) is 0 Å². The summed E-state index contributed by atoms with van der Waals surface area (Å²) in [5, 5.41) is 13.8. The summed E-state index contributed by atoms with van der Waals surface area (Å²) >= 11 is 1.94. The first-order chi connectivity index (χ1) is 14.7.